The van der Waals surface area contributed by atoms with Crippen LogP contribution in [0.3, 0.4) is 0 Å². The lowest BCUT2D eigenvalue weighted by molar-refractivity contribution is 0.205. The first kappa shape index (κ1) is 18.4. The zero-order chi connectivity index (χ0) is 16.3. The number of hydrogen-bond acceptors (Lipinski definition) is 4. The molecule has 4 heteroatoms. The minimum atomic E-state index is 0.432. The van der Waals surface area contributed by atoms with Gasteiger partial charge in [0.1, 0.15) is 0 Å². The van der Waals surface area contributed by atoms with Gasteiger partial charge in [-0.3, -0.25) is 4.90 Å². The Morgan fingerprint density at radius 1 is 0.870 bits per heavy atom. The van der Waals surface area contributed by atoms with Gasteiger partial charge < -0.3 is 16.4 Å². The van der Waals surface area contributed by atoms with E-state index in [1.807, 2.05) is 0 Å². The van der Waals surface area contributed by atoms with E-state index in [4.69, 9.17) is 11.5 Å². The maximum absolute atomic E-state index is 5.86. The molecule has 0 aliphatic carbocycles. The summed E-state index contributed by atoms with van der Waals surface area (Å²) in [5, 5.41) is 0. The standard InChI is InChI=1S/C12H18N2.C7H16N2/c13-12-6-8-14(9-7-12)10-11-4-2-1-3-5-11;8-4-7-9-5-2-1-3-6-9/h1-5,12H,6-10,13H2;1-8H2. The third kappa shape index (κ3) is 7.44. The van der Waals surface area contributed by atoms with Crippen LogP contribution >= 0.6 is 0 Å². The second-order valence-corrected chi connectivity index (χ2v) is 6.79. The lowest BCUT2D eigenvalue weighted by Crippen LogP contribution is -2.39. The fourth-order valence-electron chi connectivity index (χ4n) is 3.32. The van der Waals surface area contributed by atoms with Gasteiger partial charge in [-0.25, -0.2) is 0 Å². The van der Waals surface area contributed by atoms with Crippen molar-refractivity contribution in [3.63, 3.8) is 0 Å². The van der Waals surface area contributed by atoms with Gasteiger partial charge in [-0.15, -0.1) is 0 Å². The van der Waals surface area contributed by atoms with Crippen molar-refractivity contribution in [2.75, 3.05) is 39.3 Å². The van der Waals surface area contributed by atoms with Gasteiger partial charge in [-0.2, -0.15) is 0 Å². The Hall–Kier alpha value is -0.940. The monoisotopic (exact) mass is 318 g/mol. The second-order valence-electron chi connectivity index (χ2n) is 6.79. The molecule has 1 aromatic carbocycles. The van der Waals surface area contributed by atoms with Crippen LogP contribution in [0.2, 0.25) is 0 Å². The second kappa shape index (κ2) is 10.8. The highest BCUT2D eigenvalue weighted by atomic mass is 15.1. The molecule has 130 valence electrons. The molecule has 2 aliphatic heterocycles. The number of nitrogens with two attached hydrogens (primary N) is 2. The van der Waals surface area contributed by atoms with Gasteiger partial charge in [0.25, 0.3) is 0 Å². The Kier molecular flexibility index (Phi) is 8.61. The number of nitrogens with zero attached hydrogens (tertiary/aromatic N) is 2. The summed E-state index contributed by atoms with van der Waals surface area (Å²) in [5.74, 6) is 0. The zero-order valence-electron chi connectivity index (χ0n) is 14.5. The molecule has 1 aromatic rings. The van der Waals surface area contributed by atoms with E-state index in [2.05, 4.69) is 40.1 Å². The Balaban J connectivity index is 0.000000185. The SMILES string of the molecule is NC1CCN(Cc2ccccc2)CC1.NCCN1CCCCC1. The van der Waals surface area contributed by atoms with Gasteiger partial charge in [0, 0.05) is 25.7 Å². The Labute approximate surface area is 141 Å². The van der Waals surface area contributed by atoms with Crippen LogP contribution in [0.5, 0.6) is 0 Å². The van der Waals surface area contributed by atoms with Crippen LogP contribution in [-0.4, -0.2) is 55.1 Å². The Morgan fingerprint density at radius 3 is 2.13 bits per heavy atom. The summed E-state index contributed by atoms with van der Waals surface area (Å²) < 4.78 is 0. The van der Waals surface area contributed by atoms with Crippen molar-refractivity contribution in [2.24, 2.45) is 11.5 Å². The van der Waals surface area contributed by atoms with Crippen LogP contribution in [0.25, 0.3) is 0 Å². The van der Waals surface area contributed by atoms with Crippen molar-refractivity contribution in [1.29, 1.82) is 0 Å². The van der Waals surface area contributed by atoms with E-state index >= 15 is 0 Å². The molecule has 3 rings (SSSR count). The number of hydrogen-bond donors (Lipinski definition) is 2. The Morgan fingerprint density at radius 2 is 1.52 bits per heavy atom. The first-order valence-electron chi connectivity index (χ1n) is 9.22. The largest absolute Gasteiger partial charge is 0.329 e. The van der Waals surface area contributed by atoms with Crippen molar-refractivity contribution in [3.8, 4) is 0 Å². The van der Waals surface area contributed by atoms with Crippen molar-refractivity contribution >= 4 is 0 Å². The van der Waals surface area contributed by atoms with E-state index in [-0.39, 0.29) is 0 Å². The van der Waals surface area contributed by atoms with Gasteiger partial charge in [-0.05, 0) is 57.4 Å². The third-order valence-corrected chi connectivity index (χ3v) is 4.78. The van der Waals surface area contributed by atoms with Gasteiger partial charge in [0.2, 0.25) is 0 Å². The quantitative estimate of drug-likeness (QED) is 0.892. The summed E-state index contributed by atoms with van der Waals surface area (Å²) in [6, 6.07) is 11.1. The molecule has 4 N–H and O–H groups in total. The Bertz CT molecular complexity index is 392. The van der Waals surface area contributed by atoms with E-state index < -0.39 is 0 Å². The smallest absolute Gasteiger partial charge is 0.0233 e. The fourth-order valence-corrected chi connectivity index (χ4v) is 3.32. The summed E-state index contributed by atoms with van der Waals surface area (Å²) in [6.45, 7) is 7.84. The van der Waals surface area contributed by atoms with Gasteiger partial charge in [0.05, 0.1) is 0 Å². The molecule has 2 heterocycles. The summed E-state index contributed by atoms with van der Waals surface area (Å²) in [6.07, 6.45) is 6.46. The van der Waals surface area contributed by atoms with Gasteiger partial charge in [0.15, 0.2) is 0 Å². The lowest BCUT2D eigenvalue weighted by atomic mass is 10.1. The van der Waals surface area contributed by atoms with Crippen molar-refractivity contribution in [2.45, 2.75) is 44.7 Å². The van der Waals surface area contributed by atoms with Crippen LogP contribution in [0.1, 0.15) is 37.7 Å². The average molecular weight is 319 g/mol. The lowest BCUT2D eigenvalue weighted by Gasteiger charge is -2.29. The van der Waals surface area contributed by atoms with Crippen LogP contribution in [0.4, 0.5) is 0 Å². The summed E-state index contributed by atoms with van der Waals surface area (Å²) in [7, 11) is 0. The maximum atomic E-state index is 5.86. The predicted octanol–water partition coefficient (Wildman–Crippen LogP) is 2.04. The summed E-state index contributed by atoms with van der Waals surface area (Å²) >= 11 is 0. The first-order valence-corrected chi connectivity index (χ1v) is 9.22. The number of benzene rings is 1. The van der Waals surface area contributed by atoms with E-state index in [9.17, 15) is 0 Å². The molecule has 0 bridgehead atoms. The number of rotatable bonds is 4. The molecular weight excluding hydrogens is 284 g/mol. The predicted molar refractivity (Wildman–Crippen MR) is 98.3 cm³/mol. The van der Waals surface area contributed by atoms with Crippen molar-refractivity contribution in [3.05, 3.63) is 35.9 Å². The van der Waals surface area contributed by atoms with Crippen molar-refractivity contribution < 1.29 is 0 Å². The third-order valence-electron chi connectivity index (χ3n) is 4.78. The van der Waals surface area contributed by atoms with Crippen LogP contribution in [-0.2, 0) is 6.54 Å². The van der Waals surface area contributed by atoms with E-state index in [1.54, 1.807) is 0 Å². The molecule has 2 saturated heterocycles. The number of piperidine rings is 2. The van der Waals surface area contributed by atoms with Crippen molar-refractivity contribution in [1.82, 2.24) is 9.80 Å². The molecule has 0 amide bonds. The first-order chi connectivity index (χ1) is 11.3. The highest BCUT2D eigenvalue weighted by molar-refractivity contribution is 5.14. The zero-order valence-corrected chi connectivity index (χ0v) is 14.5. The topological polar surface area (TPSA) is 58.5 Å². The average Bonchev–Trinajstić information content (AvgIpc) is 2.60. The molecular formula is C19H34N4. The molecule has 0 atom stereocenters. The molecule has 4 nitrogen and oxygen atoms in total. The van der Waals surface area contributed by atoms with E-state index in [0.717, 1.165) is 45.6 Å². The molecule has 0 saturated carbocycles. The molecule has 0 unspecified atom stereocenters. The molecule has 2 aliphatic rings. The van der Waals surface area contributed by atoms with Crippen LogP contribution in [0, 0.1) is 0 Å². The summed E-state index contributed by atoms with van der Waals surface area (Å²) in [5.41, 5.74) is 12.7. The minimum absolute atomic E-state index is 0.432. The molecule has 2 fully saturated rings. The molecule has 0 spiro atoms. The molecule has 0 radical (unpaired) electrons. The van der Waals surface area contributed by atoms with E-state index in [1.165, 1.54) is 37.9 Å². The van der Waals surface area contributed by atoms with Gasteiger partial charge in [-0.1, -0.05) is 36.8 Å². The molecule has 23 heavy (non-hydrogen) atoms. The minimum Gasteiger partial charge on any atom is -0.329 e. The van der Waals surface area contributed by atoms with Crippen LogP contribution in [0.15, 0.2) is 30.3 Å². The highest BCUT2D eigenvalue weighted by Crippen LogP contribution is 2.12. The normalized spacial score (nSPS) is 20.8. The van der Waals surface area contributed by atoms with E-state index in [0.29, 0.717) is 6.04 Å². The molecule has 0 aromatic heterocycles. The maximum Gasteiger partial charge on any atom is 0.0233 e. The number of likely N-dealkylation sites (tertiary alicyclic amines) is 2. The summed E-state index contributed by atoms with van der Waals surface area (Å²) in [4.78, 5) is 4.93. The van der Waals surface area contributed by atoms with Gasteiger partial charge >= 0.3 is 0 Å². The highest BCUT2D eigenvalue weighted by Gasteiger charge is 2.15. The van der Waals surface area contributed by atoms with Crippen LogP contribution < -0.4 is 11.5 Å². The fraction of sp³-hybridized carbons (Fsp3) is 0.684.